The third-order valence-corrected chi connectivity index (χ3v) is 3.44. The van der Waals surface area contributed by atoms with Gasteiger partial charge < -0.3 is 14.8 Å². The van der Waals surface area contributed by atoms with Crippen molar-refractivity contribution in [2.75, 3.05) is 6.61 Å². The number of aromatic nitrogens is 2. The maximum atomic E-state index is 12.1. The van der Waals surface area contributed by atoms with Crippen LogP contribution >= 0.6 is 0 Å². The number of furan rings is 1. The van der Waals surface area contributed by atoms with Gasteiger partial charge in [0.15, 0.2) is 11.5 Å². The monoisotopic (exact) mass is 277 g/mol. The maximum Gasteiger partial charge on any atom is 0.272 e. The van der Waals surface area contributed by atoms with Crippen LogP contribution in [0.15, 0.2) is 28.9 Å². The molecule has 2 aromatic heterocycles. The summed E-state index contributed by atoms with van der Waals surface area (Å²) in [7, 11) is 0. The Morgan fingerprint density at radius 3 is 3.00 bits per heavy atom. The Hall–Kier alpha value is -2.08. The largest absolute Gasteiger partial charge is 0.463 e. The Balaban J connectivity index is 2.06. The van der Waals surface area contributed by atoms with Crippen LogP contribution in [0.3, 0.4) is 0 Å². The summed E-state index contributed by atoms with van der Waals surface area (Å²) in [5.41, 5.74) is 0.919. The lowest BCUT2D eigenvalue weighted by Gasteiger charge is -2.21. The zero-order valence-electron chi connectivity index (χ0n) is 11.6. The maximum absolute atomic E-state index is 12.1. The molecule has 0 saturated heterocycles. The van der Waals surface area contributed by atoms with Crippen LogP contribution in [-0.2, 0) is 0 Å². The van der Waals surface area contributed by atoms with E-state index in [1.54, 1.807) is 24.5 Å². The van der Waals surface area contributed by atoms with E-state index >= 15 is 0 Å². The Bertz CT molecular complexity index is 548. The van der Waals surface area contributed by atoms with Crippen LogP contribution in [0.2, 0.25) is 0 Å². The van der Waals surface area contributed by atoms with Crippen molar-refractivity contribution in [2.45, 2.75) is 26.3 Å². The molecule has 1 amide bonds. The highest BCUT2D eigenvalue weighted by Gasteiger charge is 2.20. The zero-order chi connectivity index (χ0) is 14.5. The van der Waals surface area contributed by atoms with Gasteiger partial charge in [0.25, 0.3) is 5.91 Å². The Morgan fingerprint density at radius 2 is 2.40 bits per heavy atom. The summed E-state index contributed by atoms with van der Waals surface area (Å²) in [6.45, 7) is 3.92. The second-order valence-corrected chi connectivity index (χ2v) is 4.79. The van der Waals surface area contributed by atoms with E-state index in [9.17, 15) is 9.90 Å². The van der Waals surface area contributed by atoms with Gasteiger partial charge in [0.1, 0.15) is 5.69 Å². The molecule has 20 heavy (non-hydrogen) atoms. The van der Waals surface area contributed by atoms with Crippen molar-refractivity contribution in [2.24, 2.45) is 5.92 Å². The standard InChI is InChI=1S/C14H19N3O3/c1-3-9(2)12(8-18)15-14(19)11-7-10(16-17-11)13-5-4-6-20-13/h4-7,9,12,18H,3,8H2,1-2H3,(H,15,19)(H,16,17)/t9-,12+/m0/s1. The summed E-state index contributed by atoms with van der Waals surface area (Å²) < 4.78 is 5.23. The highest BCUT2D eigenvalue weighted by atomic mass is 16.3. The summed E-state index contributed by atoms with van der Waals surface area (Å²) in [6.07, 6.45) is 2.43. The highest BCUT2D eigenvalue weighted by molar-refractivity contribution is 5.93. The number of amides is 1. The summed E-state index contributed by atoms with van der Waals surface area (Å²) >= 11 is 0. The van der Waals surface area contributed by atoms with Gasteiger partial charge in [0.2, 0.25) is 0 Å². The second kappa shape index (κ2) is 6.38. The minimum Gasteiger partial charge on any atom is -0.463 e. The van der Waals surface area contributed by atoms with Crippen LogP contribution in [0.1, 0.15) is 30.8 Å². The SMILES string of the molecule is CC[C@H](C)[C@@H](CO)NC(=O)c1cc(-c2ccco2)[nH]n1. The van der Waals surface area contributed by atoms with Crippen molar-refractivity contribution in [3.8, 4) is 11.5 Å². The molecule has 0 bridgehead atoms. The molecular weight excluding hydrogens is 258 g/mol. The van der Waals surface area contributed by atoms with E-state index in [0.29, 0.717) is 11.5 Å². The molecule has 3 N–H and O–H groups in total. The van der Waals surface area contributed by atoms with Crippen LogP contribution in [0, 0.1) is 5.92 Å². The minimum atomic E-state index is -0.307. The van der Waals surface area contributed by atoms with Crippen molar-refractivity contribution < 1.29 is 14.3 Å². The number of hydrogen-bond acceptors (Lipinski definition) is 4. The number of nitrogens with zero attached hydrogens (tertiary/aromatic N) is 1. The van der Waals surface area contributed by atoms with E-state index in [2.05, 4.69) is 15.5 Å². The van der Waals surface area contributed by atoms with Gasteiger partial charge in [0, 0.05) is 6.07 Å². The van der Waals surface area contributed by atoms with Gasteiger partial charge in [-0.05, 0) is 18.1 Å². The summed E-state index contributed by atoms with van der Waals surface area (Å²) in [5, 5.41) is 18.8. The molecule has 0 aliphatic rings. The topological polar surface area (TPSA) is 91.1 Å². The van der Waals surface area contributed by atoms with E-state index < -0.39 is 0 Å². The first kappa shape index (κ1) is 14.3. The zero-order valence-corrected chi connectivity index (χ0v) is 11.6. The van der Waals surface area contributed by atoms with Crippen molar-refractivity contribution in [3.05, 3.63) is 30.2 Å². The van der Waals surface area contributed by atoms with E-state index in [1.165, 1.54) is 0 Å². The van der Waals surface area contributed by atoms with Crippen molar-refractivity contribution in [1.29, 1.82) is 0 Å². The molecule has 6 heteroatoms. The molecule has 6 nitrogen and oxygen atoms in total. The molecule has 0 aromatic carbocycles. The summed E-state index contributed by atoms with van der Waals surface area (Å²) in [5.74, 6) is 0.517. The minimum absolute atomic E-state index is 0.0871. The van der Waals surface area contributed by atoms with Gasteiger partial charge in [-0.25, -0.2) is 0 Å². The molecule has 0 spiro atoms. The normalized spacial score (nSPS) is 13.9. The van der Waals surface area contributed by atoms with Crippen molar-refractivity contribution >= 4 is 5.91 Å². The summed E-state index contributed by atoms with van der Waals surface area (Å²) in [4.78, 5) is 12.1. The number of carbonyl (C=O) groups is 1. The van der Waals surface area contributed by atoms with E-state index in [0.717, 1.165) is 6.42 Å². The van der Waals surface area contributed by atoms with Crippen molar-refractivity contribution in [3.63, 3.8) is 0 Å². The third-order valence-electron chi connectivity index (χ3n) is 3.44. The van der Waals surface area contributed by atoms with E-state index in [-0.39, 0.29) is 30.2 Å². The molecular formula is C14H19N3O3. The molecule has 2 aromatic rings. The van der Waals surface area contributed by atoms with Gasteiger partial charge in [-0.3, -0.25) is 9.89 Å². The van der Waals surface area contributed by atoms with Crippen LogP contribution < -0.4 is 5.32 Å². The molecule has 0 unspecified atom stereocenters. The Morgan fingerprint density at radius 1 is 1.60 bits per heavy atom. The number of aliphatic hydroxyl groups is 1. The average molecular weight is 277 g/mol. The smallest absolute Gasteiger partial charge is 0.272 e. The number of aromatic amines is 1. The molecule has 0 fully saturated rings. The molecule has 2 rings (SSSR count). The number of H-pyrrole nitrogens is 1. The number of aliphatic hydroxyl groups excluding tert-OH is 1. The predicted molar refractivity (Wildman–Crippen MR) is 74.1 cm³/mol. The fourth-order valence-corrected chi connectivity index (χ4v) is 1.89. The van der Waals surface area contributed by atoms with E-state index in [4.69, 9.17) is 4.42 Å². The number of nitrogens with one attached hydrogen (secondary N) is 2. The van der Waals surface area contributed by atoms with Gasteiger partial charge in [-0.2, -0.15) is 5.10 Å². The highest BCUT2D eigenvalue weighted by Crippen LogP contribution is 2.18. The Labute approximate surface area is 117 Å². The Kier molecular flexibility index (Phi) is 4.57. The fraction of sp³-hybridized carbons (Fsp3) is 0.429. The molecule has 2 atom stereocenters. The first-order valence-electron chi connectivity index (χ1n) is 6.66. The number of rotatable bonds is 6. The van der Waals surface area contributed by atoms with Gasteiger partial charge in [-0.15, -0.1) is 0 Å². The molecule has 108 valence electrons. The number of hydrogen-bond donors (Lipinski definition) is 3. The lowest BCUT2D eigenvalue weighted by molar-refractivity contribution is 0.0886. The predicted octanol–water partition coefficient (Wildman–Crippen LogP) is 1.81. The lowest BCUT2D eigenvalue weighted by Crippen LogP contribution is -2.42. The van der Waals surface area contributed by atoms with Gasteiger partial charge >= 0.3 is 0 Å². The fourth-order valence-electron chi connectivity index (χ4n) is 1.89. The lowest BCUT2D eigenvalue weighted by atomic mass is 10.00. The van der Waals surface area contributed by atoms with Crippen LogP contribution in [0.25, 0.3) is 11.5 Å². The quantitative estimate of drug-likeness (QED) is 0.751. The van der Waals surface area contributed by atoms with Crippen LogP contribution in [0.4, 0.5) is 0 Å². The molecule has 0 saturated carbocycles. The van der Waals surface area contributed by atoms with Crippen LogP contribution in [0.5, 0.6) is 0 Å². The van der Waals surface area contributed by atoms with E-state index in [1.807, 2.05) is 13.8 Å². The first-order valence-corrected chi connectivity index (χ1v) is 6.66. The van der Waals surface area contributed by atoms with Gasteiger partial charge in [0.05, 0.1) is 18.9 Å². The van der Waals surface area contributed by atoms with Gasteiger partial charge in [-0.1, -0.05) is 20.3 Å². The molecule has 0 aliphatic heterocycles. The van der Waals surface area contributed by atoms with Crippen molar-refractivity contribution in [1.82, 2.24) is 15.5 Å². The first-order chi connectivity index (χ1) is 9.65. The summed E-state index contributed by atoms with van der Waals surface area (Å²) in [6, 6.07) is 4.90. The molecule has 0 radical (unpaired) electrons. The molecule has 0 aliphatic carbocycles. The number of carbonyl (C=O) groups excluding carboxylic acids is 1. The molecule has 2 heterocycles. The third kappa shape index (κ3) is 3.08. The van der Waals surface area contributed by atoms with Crippen LogP contribution in [-0.4, -0.2) is 33.9 Å². The second-order valence-electron chi connectivity index (χ2n) is 4.79. The average Bonchev–Trinajstić information content (AvgIpc) is 3.13.